The number of ether oxygens (including phenoxy) is 2. The average Bonchev–Trinajstić information content (AvgIpc) is 3.35. The fraction of sp³-hybridized carbons (Fsp3) is 0.400. The van der Waals surface area contributed by atoms with E-state index in [0.717, 1.165) is 0 Å². The predicted molar refractivity (Wildman–Crippen MR) is 106 cm³/mol. The van der Waals surface area contributed by atoms with E-state index in [-0.39, 0.29) is 29.6 Å². The molecular formula is C20H24N4O6. The lowest BCUT2D eigenvalue weighted by Crippen LogP contribution is -2.27. The first-order chi connectivity index (χ1) is 14.2. The van der Waals surface area contributed by atoms with Crippen LogP contribution in [0.2, 0.25) is 0 Å². The zero-order valence-corrected chi connectivity index (χ0v) is 17.0. The van der Waals surface area contributed by atoms with Crippen LogP contribution in [0.25, 0.3) is 0 Å². The summed E-state index contributed by atoms with van der Waals surface area (Å²) in [6.07, 6.45) is 1.02. The minimum atomic E-state index is -1.01. The summed E-state index contributed by atoms with van der Waals surface area (Å²) in [6, 6.07) is 4.79. The van der Waals surface area contributed by atoms with Gasteiger partial charge in [-0.15, -0.1) is 0 Å². The number of carbonyl (C=O) groups is 3. The number of nitrogens with two attached hydrogens (primary N) is 1. The van der Waals surface area contributed by atoms with E-state index >= 15 is 0 Å². The monoisotopic (exact) mass is 416 g/mol. The highest BCUT2D eigenvalue weighted by molar-refractivity contribution is 5.97. The number of carbonyl (C=O) groups excluding carboxylic acids is 2. The molecule has 160 valence electrons. The van der Waals surface area contributed by atoms with Gasteiger partial charge < -0.3 is 25.2 Å². The molecule has 2 heterocycles. The molecule has 2 aromatic rings. The summed E-state index contributed by atoms with van der Waals surface area (Å²) in [5.41, 5.74) is 6.46. The van der Waals surface area contributed by atoms with E-state index < -0.39 is 17.9 Å². The summed E-state index contributed by atoms with van der Waals surface area (Å²) >= 11 is 0. The van der Waals surface area contributed by atoms with Crippen molar-refractivity contribution >= 4 is 17.8 Å². The Morgan fingerprint density at radius 3 is 2.30 bits per heavy atom. The summed E-state index contributed by atoms with van der Waals surface area (Å²) in [6.45, 7) is 2.01. The molecule has 2 atom stereocenters. The average molecular weight is 416 g/mol. The molecule has 1 aliphatic heterocycles. The number of likely N-dealkylation sites (tertiary alicyclic amines) is 1. The van der Waals surface area contributed by atoms with Crippen molar-refractivity contribution in [3.8, 4) is 11.5 Å². The first-order valence-corrected chi connectivity index (χ1v) is 9.35. The number of ketones is 1. The second-order valence-corrected chi connectivity index (χ2v) is 7.13. The van der Waals surface area contributed by atoms with E-state index in [9.17, 15) is 19.5 Å². The van der Waals surface area contributed by atoms with E-state index in [4.69, 9.17) is 15.2 Å². The lowest BCUT2D eigenvalue weighted by Gasteiger charge is -2.16. The molecule has 2 amide bonds. The predicted octanol–water partition coefficient (Wildman–Crippen LogP) is 1.64. The Morgan fingerprint density at radius 2 is 1.83 bits per heavy atom. The van der Waals surface area contributed by atoms with Crippen molar-refractivity contribution in [3.05, 3.63) is 41.2 Å². The number of benzene rings is 1. The van der Waals surface area contributed by atoms with Crippen LogP contribution in [0.1, 0.15) is 46.9 Å². The van der Waals surface area contributed by atoms with E-state index in [1.165, 1.54) is 36.9 Å². The van der Waals surface area contributed by atoms with Crippen molar-refractivity contribution < 1.29 is 29.0 Å². The molecule has 0 saturated carbocycles. The van der Waals surface area contributed by atoms with Crippen molar-refractivity contribution in [2.24, 2.45) is 5.73 Å². The molecule has 1 aromatic carbocycles. The maximum absolute atomic E-state index is 12.6. The molecule has 1 aliphatic rings. The Balaban J connectivity index is 2.07. The molecule has 10 nitrogen and oxygen atoms in total. The highest BCUT2D eigenvalue weighted by Gasteiger charge is 2.32. The van der Waals surface area contributed by atoms with Gasteiger partial charge in [-0.1, -0.05) is 0 Å². The highest BCUT2D eigenvalue weighted by Crippen LogP contribution is 2.34. The van der Waals surface area contributed by atoms with Gasteiger partial charge in [0.15, 0.2) is 0 Å². The fourth-order valence-corrected chi connectivity index (χ4v) is 3.71. The van der Waals surface area contributed by atoms with Crippen LogP contribution in [0.4, 0.5) is 4.79 Å². The van der Waals surface area contributed by atoms with Gasteiger partial charge in [-0.3, -0.25) is 14.3 Å². The summed E-state index contributed by atoms with van der Waals surface area (Å²) in [4.78, 5) is 37.3. The molecule has 3 N–H and O–H groups in total. The quantitative estimate of drug-likeness (QED) is 0.700. The van der Waals surface area contributed by atoms with Gasteiger partial charge in [0.05, 0.1) is 37.4 Å². The van der Waals surface area contributed by atoms with E-state index in [2.05, 4.69) is 5.10 Å². The van der Waals surface area contributed by atoms with Crippen LogP contribution >= 0.6 is 0 Å². The third-order valence-corrected chi connectivity index (χ3v) is 5.22. The minimum absolute atomic E-state index is 0.116. The van der Waals surface area contributed by atoms with Crippen LogP contribution < -0.4 is 15.2 Å². The van der Waals surface area contributed by atoms with Gasteiger partial charge in [0.25, 0.3) is 5.91 Å². The van der Waals surface area contributed by atoms with Gasteiger partial charge in [0.2, 0.25) is 0 Å². The van der Waals surface area contributed by atoms with Gasteiger partial charge in [-0.25, -0.2) is 4.79 Å². The van der Waals surface area contributed by atoms with E-state index in [0.29, 0.717) is 30.0 Å². The van der Waals surface area contributed by atoms with Gasteiger partial charge in [0.1, 0.15) is 17.3 Å². The third-order valence-electron chi connectivity index (χ3n) is 5.22. The molecule has 0 aliphatic carbocycles. The lowest BCUT2D eigenvalue weighted by atomic mass is 9.89. The van der Waals surface area contributed by atoms with Crippen LogP contribution in [0.5, 0.6) is 11.5 Å². The van der Waals surface area contributed by atoms with E-state index in [1.54, 1.807) is 18.2 Å². The summed E-state index contributed by atoms with van der Waals surface area (Å²) in [5.74, 6) is -0.844. The number of rotatable bonds is 7. The number of amides is 2. The molecule has 3 rings (SSSR count). The zero-order chi connectivity index (χ0) is 22.0. The Bertz CT molecular complexity index is 963. The number of aromatic nitrogens is 2. The summed E-state index contributed by atoms with van der Waals surface area (Å²) in [5, 5.41) is 13.7. The first kappa shape index (κ1) is 21.2. The molecule has 0 radical (unpaired) electrons. The van der Waals surface area contributed by atoms with Crippen LogP contribution in [0.3, 0.4) is 0 Å². The molecule has 10 heteroatoms. The maximum Gasteiger partial charge on any atom is 0.407 e. The van der Waals surface area contributed by atoms with Gasteiger partial charge in [-0.2, -0.15) is 5.10 Å². The fourth-order valence-electron chi connectivity index (χ4n) is 3.71. The van der Waals surface area contributed by atoms with Crippen molar-refractivity contribution in [2.75, 3.05) is 27.3 Å². The largest absolute Gasteiger partial charge is 0.497 e. The van der Waals surface area contributed by atoms with Crippen LogP contribution in [-0.2, 0) is 4.79 Å². The standard InChI is InChI=1S/C20H24N4O6/c1-11(25)17(12-6-14(29-2)8-15(7-12)30-3)18-16(19(21)26)10-24(22-18)13-4-5-23(9-13)20(27)28/h6-8,10,13,17H,4-5,9H2,1-3H3,(H2,21,26)(H,27,28). The second-order valence-electron chi connectivity index (χ2n) is 7.13. The number of methoxy groups -OCH3 is 2. The lowest BCUT2D eigenvalue weighted by molar-refractivity contribution is -0.117. The van der Waals surface area contributed by atoms with Crippen molar-refractivity contribution in [3.63, 3.8) is 0 Å². The van der Waals surface area contributed by atoms with Gasteiger partial charge in [-0.05, 0) is 31.0 Å². The third kappa shape index (κ3) is 4.07. The Labute approximate surface area is 173 Å². The van der Waals surface area contributed by atoms with Crippen molar-refractivity contribution in [1.29, 1.82) is 0 Å². The Hall–Kier alpha value is -3.56. The molecular weight excluding hydrogens is 392 g/mol. The number of hydrogen-bond acceptors (Lipinski definition) is 6. The number of nitrogens with zero attached hydrogens (tertiary/aromatic N) is 3. The minimum Gasteiger partial charge on any atom is -0.497 e. The topological polar surface area (TPSA) is 137 Å². The van der Waals surface area contributed by atoms with Crippen LogP contribution in [0.15, 0.2) is 24.4 Å². The number of hydrogen-bond donors (Lipinski definition) is 2. The Kier molecular flexibility index (Phi) is 5.95. The van der Waals surface area contributed by atoms with Crippen molar-refractivity contribution in [1.82, 2.24) is 14.7 Å². The van der Waals surface area contributed by atoms with Gasteiger partial charge in [0, 0.05) is 25.4 Å². The maximum atomic E-state index is 12.6. The molecule has 0 bridgehead atoms. The normalized spacial score (nSPS) is 16.9. The second kappa shape index (κ2) is 8.44. The molecule has 1 aromatic heterocycles. The first-order valence-electron chi connectivity index (χ1n) is 9.35. The van der Waals surface area contributed by atoms with E-state index in [1.807, 2.05) is 0 Å². The van der Waals surface area contributed by atoms with Crippen LogP contribution in [-0.4, -0.2) is 64.9 Å². The number of primary amides is 1. The van der Waals surface area contributed by atoms with Crippen LogP contribution in [0, 0.1) is 0 Å². The highest BCUT2D eigenvalue weighted by atomic mass is 16.5. The molecule has 0 spiro atoms. The SMILES string of the molecule is COc1cc(OC)cc(C(C(C)=O)c2nn(C3CCN(C(=O)O)C3)cc2C(N)=O)c1. The number of carboxylic acid groups (broad SMARTS) is 1. The summed E-state index contributed by atoms with van der Waals surface area (Å²) in [7, 11) is 3.00. The molecule has 2 unspecified atom stereocenters. The number of Topliss-reactive ketones (excluding diaryl/α,β-unsaturated/α-hetero) is 1. The summed E-state index contributed by atoms with van der Waals surface area (Å²) < 4.78 is 12.1. The Morgan fingerprint density at radius 1 is 1.20 bits per heavy atom. The van der Waals surface area contributed by atoms with Gasteiger partial charge >= 0.3 is 6.09 Å². The zero-order valence-electron chi connectivity index (χ0n) is 17.0. The molecule has 1 saturated heterocycles. The smallest absolute Gasteiger partial charge is 0.407 e. The molecule has 1 fully saturated rings. The van der Waals surface area contributed by atoms with Crippen molar-refractivity contribution in [2.45, 2.75) is 25.3 Å². The molecule has 30 heavy (non-hydrogen) atoms.